The van der Waals surface area contributed by atoms with E-state index in [4.69, 9.17) is 14.2 Å². The van der Waals surface area contributed by atoms with E-state index in [1.54, 1.807) is 0 Å². The summed E-state index contributed by atoms with van der Waals surface area (Å²) in [5.41, 5.74) is 0. The van der Waals surface area contributed by atoms with E-state index in [9.17, 15) is 0 Å². The van der Waals surface area contributed by atoms with Gasteiger partial charge in [-0.3, -0.25) is 0 Å². The van der Waals surface area contributed by atoms with Crippen molar-refractivity contribution < 1.29 is 14.2 Å². The van der Waals surface area contributed by atoms with Crippen molar-refractivity contribution in [2.45, 2.75) is 54.8 Å². The molecule has 0 aliphatic heterocycles. The Balaban J connectivity index is -0.000000500. The highest BCUT2D eigenvalue weighted by Crippen LogP contribution is 1.90. The summed E-state index contributed by atoms with van der Waals surface area (Å²) in [6, 6.07) is 0. The molecule has 0 N–H and O–H groups in total. The third kappa shape index (κ3) is 18.7. The molecule has 0 rings (SSSR count). The Labute approximate surface area is 83.4 Å². The van der Waals surface area contributed by atoms with Crippen LogP contribution in [0.3, 0.4) is 0 Å². The predicted molar refractivity (Wildman–Crippen MR) is 56.7 cm³/mol. The minimum absolute atomic E-state index is 0. The Hall–Kier alpha value is -0.120. The second-order valence-electron chi connectivity index (χ2n) is 2.87. The molecule has 3 nitrogen and oxygen atoms in total. The van der Waals surface area contributed by atoms with E-state index in [1.807, 2.05) is 27.7 Å². The van der Waals surface area contributed by atoms with Gasteiger partial charge in [-0.2, -0.15) is 0 Å². The predicted octanol–water partition coefficient (Wildman–Crippen LogP) is 3.04. The summed E-state index contributed by atoms with van der Waals surface area (Å²) in [5, 5.41) is 0. The zero-order valence-corrected chi connectivity index (χ0v) is 7.79. The molecule has 0 radical (unpaired) electrons. The summed E-state index contributed by atoms with van der Waals surface area (Å²) in [7, 11) is 0. The maximum Gasteiger partial charge on any atom is 0.149 e. The summed E-state index contributed by atoms with van der Waals surface area (Å²) in [5.74, 6) is 0. The molecule has 3 heteroatoms. The van der Waals surface area contributed by atoms with E-state index in [1.165, 1.54) is 0 Å². The molecule has 0 unspecified atom stereocenters. The van der Waals surface area contributed by atoms with Crippen LogP contribution in [0.4, 0.5) is 0 Å². The van der Waals surface area contributed by atoms with Crippen LogP contribution in [0.15, 0.2) is 0 Å². The average Bonchev–Trinajstić information content (AvgIpc) is 1.85. The molecular formula is C10H26O3. The van der Waals surface area contributed by atoms with Crippen molar-refractivity contribution in [1.29, 1.82) is 0 Å². The van der Waals surface area contributed by atoms with Gasteiger partial charge in [0.25, 0.3) is 0 Å². The molecule has 0 aliphatic rings. The van der Waals surface area contributed by atoms with Crippen molar-refractivity contribution in [2.75, 3.05) is 13.6 Å². The molecule has 0 aromatic carbocycles. The Kier molecular flexibility index (Phi) is 17.0. The van der Waals surface area contributed by atoms with Gasteiger partial charge in [0, 0.05) is 0 Å². The molecule has 0 aliphatic carbocycles. The van der Waals surface area contributed by atoms with Crippen molar-refractivity contribution >= 4 is 0 Å². The Morgan fingerprint density at radius 3 is 1.31 bits per heavy atom. The first-order valence-corrected chi connectivity index (χ1v) is 3.94. The standard InChI is InChI=1S/C8H18O3.2CH4/c1-7(2)10-5-9-6-11-8(3)4;;/h7-8H,5-6H2,1-4H3;2*1H4. The zero-order valence-electron chi connectivity index (χ0n) is 7.79. The largest absolute Gasteiger partial charge is 0.353 e. The van der Waals surface area contributed by atoms with Crippen LogP contribution in [0.1, 0.15) is 42.5 Å². The molecule has 0 atom stereocenters. The van der Waals surface area contributed by atoms with Gasteiger partial charge >= 0.3 is 0 Å². The molecule has 0 fully saturated rings. The Morgan fingerprint density at radius 2 is 1.08 bits per heavy atom. The van der Waals surface area contributed by atoms with E-state index in [0.717, 1.165) is 0 Å². The quantitative estimate of drug-likeness (QED) is 0.480. The van der Waals surface area contributed by atoms with Crippen molar-refractivity contribution in [3.8, 4) is 0 Å². The van der Waals surface area contributed by atoms with Gasteiger partial charge in [0.1, 0.15) is 13.6 Å². The summed E-state index contributed by atoms with van der Waals surface area (Å²) < 4.78 is 15.3. The first-order chi connectivity index (χ1) is 5.13. The molecule has 0 heterocycles. The zero-order chi connectivity index (χ0) is 8.69. The normalized spacial score (nSPS) is 9.69. The topological polar surface area (TPSA) is 27.7 Å². The lowest BCUT2D eigenvalue weighted by molar-refractivity contribution is -0.154. The minimum Gasteiger partial charge on any atom is -0.353 e. The van der Waals surface area contributed by atoms with Crippen molar-refractivity contribution in [2.24, 2.45) is 0 Å². The number of rotatable bonds is 6. The lowest BCUT2D eigenvalue weighted by Gasteiger charge is -2.10. The van der Waals surface area contributed by atoms with E-state index < -0.39 is 0 Å². The smallest absolute Gasteiger partial charge is 0.149 e. The van der Waals surface area contributed by atoms with E-state index in [2.05, 4.69) is 0 Å². The van der Waals surface area contributed by atoms with Crippen LogP contribution in [0.2, 0.25) is 0 Å². The first kappa shape index (κ1) is 18.6. The number of hydrogen-bond donors (Lipinski definition) is 0. The fourth-order valence-electron chi connectivity index (χ4n) is 0.402. The van der Waals surface area contributed by atoms with Crippen LogP contribution >= 0.6 is 0 Å². The van der Waals surface area contributed by atoms with Crippen molar-refractivity contribution in [3.63, 3.8) is 0 Å². The first-order valence-electron chi connectivity index (χ1n) is 3.94. The fourth-order valence-corrected chi connectivity index (χ4v) is 0.402. The highest BCUT2D eigenvalue weighted by Gasteiger charge is 1.94. The monoisotopic (exact) mass is 194 g/mol. The van der Waals surface area contributed by atoms with Gasteiger partial charge < -0.3 is 14.2 Å². The van der Waals surface area contributed by atoms with Crippen LogP contribution in [0, 0.1) is 0 Å². The molecule has 0 spiro atoms. The van der Waals surface area contributed by atoms with Crippen molar-refractivity contribution in [1.82, 2.24) is 0 Å². The third-order valence-corrected chi connectivity index (χ3v) is 0.969. The van der Waals surface area contributed by atoms with E-state index in [-0.39, 0.29) is 27.1 Å². The summed E-state index contributed by atoms with van der Waals surface area (Å²) in [6.45, 7) is 8.48. The third-order valence-electron chi connectivity index (χ3n) is 0.969. The molecular weight excluding hydrogens is 168 g/mol. The van der Waals surface area contributed by atoms with Crippen molar-refractivity contribution in [3.05, 3.63) is 0 Å². The van der Waals surface area contributed by atoms with Crippen LogP contribution in [-0.4, -0.2) is 25.8 Å². The molecule has 0 aromatic rings. The highest BCUT2D eigenvalue weighted by atomic mass is 16.7. The fraction of sp³-hybridized carbons (Fsp3) is 1.00. The summed E-state index contributed by atoms with van der Waals surface area (Å²) in [4.78, 5) is 0. The van der Waals surface area contributed by atoms with Gasteiger partial charge in [-0.25, -0.2) is 0 Å². The minimum atomic E-state index is 0. The van der Waals surface area contributed by atoms with E-state index >= 15 is 0 Å². The maximum atomic E-state index is 5.12. The second kappa shape index (κ2) is 11.9. The van der Waals surface area contributed by atoms with Gasteiger partial charge in [0.05, 0.1) is 12.2 Å². The lowest BCUT2D eigenvalue weighted by atomic mass is 10.5. The number of hydrogen-bond acceptors (Lipinski definition) is 3. The molecule has 0 aromatic heterocycles. The number of ether oxygens (including phenoxy) is 3. The second-order valence-corrected chi connectivity index (χ2v) is 2.87. The highest BCUT2D eigenvalue weighted by molar-refractivity contribution is 4.31. The van der Waals surface area contributed by atoms with Gasteiger partial charge in [0.2, 0.25) is 0 Å². The van der Waals surface area contributed by atoms with Crippen LogP contribution in [0.25, 0.3) is 0 Å². The Bertz CT molecular complexity index is 72.2. The molecule has 13 heavy (non-hydrogen) atoms. The molecule has 0 saturated heterocycles. The SMILES string of the molecule is C.C.CC(C)OCOCOC(C)C. The lowest BCUT2D eigenvalue weighted by Crippen LogP contribution is -2.11. The van der Waals surface area contributed by atoms with Crippen LogP contribution in [-0.2, 0) is 14.2 Å². The van der Waals surface area contributed by atoms with Crippen LogP contribution < -0.4 is 0 Å². The van der Waals surface area contributed by atoms with Gasteiger partial charge in [-0.15, -0.1) is 0 Å². The average molecular weight is 194 g/mol. The van der Waals surface area contributed by atoms with E-state index in [0.29, 0.717) is 13.6 Å². The summed E-state index contributed by atoms with van der Waals surface area (Å²) in [6.07, 6.45) is 0.433. The van der Waals surface area contributed by atoms with Gasteiger partial charge in [-0.05, 0) is 27.7 Å². The van der Waals surface area contributed by atoms with Crippen LogP contribution in [0.5, 0.6) is 0 Å². The molecule has 84 valence electrons. The maximum absolute atomic E-state index is 5.12. The molecule has 0 saturated carbocycles. The Morgan fingerprint density at radius 1 is 0.769 bits per heavy atom. The molecule has 0 bridgehead atoms. The summed E-state index contributed by atoms with van der Waals surface area (Å²) >= 11 is 0. The van der Waals surface area contributed by atoms with Gasteiger partial charge in [0.15, 0.2) is 0 Å². The van der Waals surface area contributed by atoms with Gasteiger partial charge in [-0.1, -0.05) is 14.9 Å². The molecule has 0 amide bonds.